The molecular weight excluding hydrogens is 291 g/mol. The molecule has 3 nitrogen and oxygen atoms in total. The summed E-state index contributed by atoms with van der Waals surface area (Å²) in [7, 11) is 0. The molecule has 22 heavy (non-hydrogen) atoms. The van der Waals surface area contributed by atoms with E-state index >= 15 is 0 Å². The van der Waals surface area contributed by atoms with Gasteiger partial charge in [-0.05, 0) is 37.1 Å². The van der Waals surface area contributed by atoms with Crippen LogP contribution in [0.3, 0.4) is 0 Å². The normalized spacial score (nSPS) is 20.4. The molecule has 1 unspecified atom stereocenters. The van der Waals surface area contributed by atoms with Crippen molar-refractivity contribution < 1.29 is 13.2 Å². The van der Waals surface area contributed by atoms with E-state index in [1.54, 1.807) is 0 Å². The average Bonchev–Trinajstić information content (AvgIpc) is 3.01. The summed E-state index contributed by atoms with van der Waals surface area (Å²) in [6.07, 6.45) is -3.32. The van der Waals surface area contributed by atoms with Crippen LogP contribution >= 0.6 is 0 Å². The summed E-state index contributed by atoms with van der Waals surface area (Å²) in [4.78, 5) is 9.96. The zero-order valence-corrected chi connectivity index (χ0v) is 12.7. The van der Waals surface area contributed by atoms with Gasteiger partial charge in [0, 0.05) is 19.0 Å². The SMILES string of the molecule is CC(C)CN1CCC(c2nc3ccc(C(F)(F)F)cc3[nH]2)C1. The van der Waals surface area contributed by atoms with Crippen molar-refractivity contribution in [3.8, 4) is 0 Å². The quantitative estimate of drug-likeness (QED) is 0.928. The van der Waals surface area contributed by atoms with Crippen LogP contribution in [0.1, 0.15) is 37.6 Å². The number of H-pyrrole nitrogens is 1. The van der Waals surface area contributed by atoms with Crippen LogP contribution in [0.25, 0.3) is 11.0 Å². The number of aromatic nitrogens is 2. The number of nitrogens with one attached hydrogen (secondary N) is 1. The number of aromatic amines is 1. The maximum Gasteiger partial charge on any atom is 0.416 e. The molecule has 1 aliphatic rings. The van der Waals surface area contributed by atoms with Crippen molar-refractivity contribution >= 4 is 11.0 Å². The molecule has 3 rings (SSSR count). The van der Waals surface area contributed by atoms with E-state index in [-0.39, 0.29) is 5.92 Å². The van der Waals surface area contributed by atoms with Gasteiger partial charge in [0.1, 0.15) is 5.82 Å². The van der Waals surface area contributed by atoms with E-state index in [9.17, 15) is 13.2 Å². The Morgan fingerprint density at radius 2 is 2.14 bits per heavy atom. The number of benzene rings is 1. The van der Waals surface area contributed by atoms with E-state index < -0.39 is 11.7 Å². The molecule has 1 aliphatic heterocycles. The molecule has 0 bridgehead atoms. The Morgan fingerprint density at radius 1 is 1.36 bits per heavy atom. The number of hydrogen-bond acceptors (Lipinski definition) is 2. The van der Waals surface area contributed by atoms with Crippen LogP contribution in [0.15, 0.2) is 18.2 Å². The van der Waals surface area contributed by atoms with Gasteiger partial charge in [-0.25, -0.2) is 4.98 Å². The smallest absolute Gasteiger partial charge is 0.342 e. The summed E-state index contributed by atoms with van der Waals surface area (Å²) in [6.45, 7) is 7.37. The number of halogens is 3. The Hall–Kier alpha value is -1.56. The van der Waals surface area contributed by atoms with Crippen LogP contribution in [0, 0.1) is 5.92 Å². The highest BCUT2D eigenvalue weighted by molar-refractivity contribution is 5.76. The zero-order valence-electron chi connectivity index (χ0n) is 12.7. The van der Waals surface area contributed by atoms with E-state index in [0.29, 0.717) is 17.0 Å². The lowest BCUT2D eigenvalue weighted by molar-refractivity contribution is -0.137. The maximum atomic E-state index is 12.8. The highest BCUT2D eigenvalue weighted by atomic mass is 19.4. The molecule has 1 aromatic heterocycles. The van der Waals surface area contributed by atoms with Crippen molar-refractivity contribution in [1.82, 2.24) is 14.9 Å². The van der Waals surface area contributed by atoms with Crippen LogP contribution in [0.5, 0.6) is 0 Å². The van der Waals surface area contributed by atoms with Gasteiger partial charge in [0.25, 0.3) is 0 Å². The first kappa shape index (κ1) is 15.3. The Kier molecular flexibility index (Phi) is 3.89. The number of nitrogens with zero attached hydrogens (tertiary/aromatic N) is 2. The van der Waals surface area contributed by atoms with Crippen molar-refractivity contribution in [1.29, 1.82) is 0 Å². The predicted octanol–water partition coefficient (Wildman–Crippen LogP) is 4.03. The van der Waals surface area contributed by atoms with Crippen LogP contribution in [-0.4, -0.2) is 34.5 Å². The summed E-state index contributed by atoms with van der Waals surface area (Å²) in [5.74, 6) is 1.70. The Morgan fingerprint density at radius 3 is 2.82 bits per heavy atom. The van der Waals surface area contributed by atoms with Gasteiger partial charge in [0.05, 0.1) is 16.6 Å². The lowest BCUT2D eigenvalue weighted by Gasteiger charge is -2.17. The van der Waals surface area contributed by atoms with Gasteiger partial charge < -0.3 is 9.88 Å². The van der Waals surface area contributed by atoms with E-state index in [0.717, 1.165) is 44.0 Å². The monoisotopic (exact) mass is 311 g/mol. The predicted molar refractivity (Wildman–Crippen MR) is 79.7 cm³/mol. The fourth-order valence-electron chi connectivity index (χ4n) is 3.14. The molecule has 0 amide bonds. The fourth-order valence-corrected chi connectivity index (χ4v) is 3.14. The standard InChI is InChI=1S/C16H20F3N3/c1-10(2)8-22-6-5-11(9-22)15-20-13-4-3-12(16(17,18)19)7-14(13)21-15/h3-4,7,10-11H,5-6,8-9H2,1-2H3,(H,20,21). The molecule has 0 radical (unpaired) electrons. The molecule has 1 aromatic carbocycles. The van der Waals surface area contributed by atoms with E-state index in [4.69, 9.17) is 0 Å². The van der Waals surface area contributed by atoms with Crippen LogP contribution in [0.2, 0.25) is 0 Å². The topological polar surface area (TPSA) is 31.9 Å². The number of alkyl halides is 3. The number of likely N-dealkylation sites (tertiary alicyclic amines) is 1. The fraction of sp³-hybridized carbons (Fsp3) is 0.562. The maximum absolute atomic E-state index is 12.8. The van der Waals surface area contributed by atoms with Gasteiger partial charge in [-0.3, -0.25) is 0 Å². The molecule has 120 valence electrons. The zero-order chi connectivity index (χ0) is 15.9. The number of fused-ring (bicyclic) bond motifs is 1. The molecule has 6 heteroatoms. The number of imidazole rings is 1. The third kappa shape index (κ3) is 3.11. The minimum Gasteiger partial charge on any atom is -0.342 e. The molecule has 1 saturated heterocycles. The second-order valence-corrected chi connectivity index (χ2v) is 6.49. The van der Waals surface area contributed by atoms with Crippen molar-refractivity contribution in [2.24, 2.45) is 5.92 Å². The largest absolute Gasteiger partial charge is 0.416 e. The van der Waals surface area contributed by atoms with Gasteiger partial charge in [-0.2, -0.15) is 13.2 Å². The van der Waals surface area contributed by atoms with Crippen LogP contribution in [-0.2, 0) is 6.18 Å². The Labute approximate surface area is 127 Å². The second-order valence-electron chi connectivity index (χ2n) is 6.49. The molecule has 2 heterocycles. The lowest BCUT2D eigenvalue weighted by Crippen LogP contribution is -2.25. The van der Waals surface area contributed by atoms with Gasteiger partial charge >= 0.3 is 6.18 Å². The molecule has 1 fully saturated rings. The molecule has 2 aromatic rings. The average molecular weight is 311 g/mol. The molecule has 1 atom stereocenters. The first-order valence-electron chi connectivity index (χ1n) is 7.62. The minimum atomic E-state index is -4.32. The van der Waals surface area contributed by atoms with Gasteiger partial charge in [0.2, 0.25) is 0 Å². The summed E-state index contributed by atoms with van der Waals surface area (Å²) in [5.41, 5.74) is 0.431. The summed E-state index contributed by atoms with van der Waals surface area (Å²) < 4.78 is 38.3. The molecule has 0 saturated carbocycles. The molecule has 0 aliphatic carbocycles. The highest BCUT2D eigenvalue weighted by Gasteiger charge is 2.31. The van der Waals surface area contributed by atoms with Crippen LogP contribution < -0.4 is 0 Å². The van der Waals surface area contributed by atoms with Crippen molar-refractivity contribution in [2.45, 2.75) is 32.4 Å². The lowest BCUT2D eigenvalue weighted by atomic mass is 10.1. The van der Waals surface area contributed by atoms with E-state index in [1.807, 2.05) is 0 Å². The van der Waals surface area contributed by atoms with E-state index in [1.165, 1.54) is 6.07 Å². The first-order valence-corrected chi connectivity index (χ1v) is 7.62. The van der Waals surface area contributed by atoms with Gasteiger partial charge in [-0.1, -0.05) is 13.8 Å². The molecule has 1 N–H and O–H groups in total. The highest BCUT2D eigenvalue weighted by Crippen LogP contribution is 2.32. The van der Waals surface area contributed by atoms with Gasteiger partial charge in [0.15, 0.2) is 0 Å². The third-order valence-electron chi connectivity index (χ3n) is 4.11. The van der Waals surface area contributed by atoms with Crippen LogP contribution in [0.4, 0.5) is 13.2 Å². The number of hydrogen-bond donors (Lipinski definition) is 1. The molecular formula is C16H20F3N3. The molecule has 0 spiro atoms. The van der Waals surface area contributed by atoms with Crippen molar-refractivity contribution in [3.05, 3.63) is 29.6 Å². The Balaban J connectivity index is 1.81. The van der Waals surface area contributed by atoms with Crippen molar-refractivity contribution in [3.63, 3.8) is 0 Å². The number of rotatable bonds is 3. The summed E-state index contributed by atoms with van der Waals surface area (Å²) in [6, 6.07) is 3.68. The third-order valence-corrected chi connectivity index (χ3v) is 4.11. The minimum absolute atomic E-state index is 0.278. The Bertz CT molecular complexity index is 660. The summed E-state index contributed by atoms with van der Waals surface area (Å²) >= 11 is 0. The summed E-state index contributed by atoms with van der Waals surface area (Å²) in [5, 5.41) is 0. The first-order chi connectivity index (χ1) is 10.3. The second kappa shape index (κ2) is 5.57. The van der Waals surface area contributed by atoms with E-state index in [2.05, 4.69) is 28.7 Å². The van der Waals surface area contributed by atoms with Gasteiger partial charge in [-0.15, -0.1) is 0 Å². The van der Waals surface area contributed by atoms with Crippen molar-refractivity contribution in [2.75, 3.05) is 19.6 Å².